The number of aryl methyl sites for hydroxylation is 1. The average Bonchev–Trinajstić information content (AvgIpc) is 2.78. The molecule has 3 heteroatoms. The van der Waals surface area contributed by atoms with Gasteiger partial charge in [0.05, 0.1) is 6.20 Å². The maximum absolute atomic E-state index is 5.74. The third-order valence-electron chi connectivity index (χ3n) is 2.78. The van der Waals surface area contributed by atoms with Crippen molar-refractivity contribution in [3.63, 3.8) is 0 Å². The molecule has 0 aliphatic heterocycles. The van der Waals surface area contributed by atoms with Crippen LogP contribution in [0.4, 0.5) is 0 Å². The molecule has 1 N–H and O–H groups in total. The number of rotatable bonds is 5. The van der Waals surface area contributed by atoms with E-state index >= 15 is 0 Å². The van der Waals surface area contributed by atoms with E-state index in [-0.39, 0.29) is 0 Å². The summed E-state index contributed by atoms with van der Waals surface area (Å²) in [4.78, 5) is 4.31. The summed E-state index contributed by atoms with van der Waals surface area (Å²) in [6.45, 7) is 7.24. The highest BCUT2D eigenvalue weighted by molar-refractivity contribution is 5.56. The Hall–Kier alpha value is -1.61. The molecule has 0 aliphatic rings. The maximum atomic E-state index is 5.74. The predicted molar refractivity (Wildman–Crippen MR) is 73.5 cm³/mol. The monoisotopic (exact) mass is 244 g/mol. The number of benzene rings is 1. The summed E-state index contributed by atoms with van der Waals surface area (Å²) < 4.78 is 5.74. The molecule has 1 aromatic heterocycles. The van der Waals surface area contributed by atoms with Gasteiger partial charge in [-0.3, -0.25) is 0 Å². The quantitative estimate of drug-likeness (QED) is 0.877. The van der Waals surface area contributed by atoms with E-state index < -0.39 is 0 Å². The molecule has 0 saturated carbocycles. The van der Waals surface area contributed by atoms with Crippen LogP contribution in [0.2, 0.25) is 0 Å². The molecule has 0 atom stereocenters. The molecule has 3 nitrogen and oxygen atoms in total. The van der Waals surface area contributed by atoms with Crippen LogP contribution >= 0.6 is 0 Å². The highest BCUT2D eigenvalue weighted by atomic mass is 16.4. The van der Waals surface area contributed by atoms with Crippen molar-refractivity contribution in [3.8, 4) is 11.3 Å². The second kappa shape index (κ2) is 5.83. The molecular formula is C15H20N2O. The normalized spacial score (nSPS) is 11.1. The van der Waals surface area contributed by atoms with Crippen molar-refractivity contribution in [2.24, 2.45) is 0 Å². The number of nitrogens with one attached hydrogen (secondary N) is 1. The number of aromatic nitrogens is 1. The van der Waals surface area contributed by atoms with Gasteiger partial charge in [0, 0.05) is 24.6 Å². The fourth-order valence-corrected chi connectivity index (χ4v) is 1.74. The molecule has 0 fully saturated rings. The fraction of sp³-hybridized carbons (Fsp3) is 0.400. The molecule has 2 aromatic rings. The summed E-state index contributed by atoms with van der Waals surface area (Å²) in [5.41, 5.74) is 2.33. The molecule has 0 amide bonds. The molecule has 0 radical (unpaired) electrons. The summed E-state index contributed by atoms with van der Waals surface area (Å²) in [5.74, 6) is 1.63. The van der Waals surface area contributed by atoms with Crippen LogP contribution in [0.15, 0.2) is 34.9 Å². The minimum absolute atomic E-state index is 0.497. The number of nitrogens with zero attached hydrogens (tertiary/aromatic N) is 1. The van der Waals surface area contributed by atoms with Gasteiger partial charge >= 0.3 is 0 Å². The van der Waals surface area contributed by atoms with Crippen LogP contribution in [0.25, 0.3) is 11.3 Å². The Morgan fingerprint density at radius 3 is 2.61 bits per heavy atom. The highest BCUT2D eigenvalue weighted by Crippen LogP contribution is 2.20. The Balaban J connectivity index is 1.99. The van der Waals surface area contributed by atoms with E-state index in [0.717, 1.165) is 30.2 Å². The van der Waals surface area contributed by atoms with Gasteiger partial charge in [-0.1, -0.05) is 43.7 Å². The molecule has 18 heavy (non-hydrogen) atoms. The molecule has 1 heterocycles. The fourth-order valence-electron chi connectivity index (χ4n) is 1.74. The van der Waals surface area contributed by atoms with E-state index in [1.54, 1.807) is 6.20 Å². The number of oxazole rings is 1. The van der Waals surface area contributed by atoms with Crippen molar-refractivity contribution in [2.75, 3.05) is 6.54 Å². The van der Waals surface area contributed by atoms with E-state index in [2.05, 4.69) is 55.3 Å². The summed E-state index contributed by atoms with van der Waals surface area (Å²) in [6.07, 6.45) is 2.62. The molecule has 0 bridgehead atoms. The predicted octanol–water partition coefficient (Wildman–Crippen LogP) is 3.19. The van der Waals surface area contributed by atoms with Crippen LogP contribution in [-0.2, 0) is 6.42 Å². The standard InChI is InChI=1S/C15H20N2O/c1-11(2)16-9-8-15-17-10-14(18-15)13-6-4-12(3)5-7-13/h4-7,10-11,16H,8-9H2,1-3H3. The Morgan fingerprint density at radius 1 is 1.22 bits per heavy atom. The smallest absolute Gasteiger partial charge is 0.196 e. The van der Waals surface area contributed by atoms with Gasteiger partial charge in [-0.2, -0.15) is 0 Å². The zero-order valence-electron chi connectivity index (χ0n) is 11.2. The van der Waals surface area contributed by atoms with Gasteiger partial charge in [-0.15, -0.1) is 0 Å². The van der Waals surface area contributed by atoms with Gasteiger partial charge in [-0.05, 0) is 6.92 Å². The first-order valence-corrected chi connectivity index (χ1v) is 6.40. The summed E-state index contributed by atoms with van der Waals surface area (Å²) in [6, 6.07) is 8.78. The molecular weight excluding hydrogens is 224 g/mol. The van der Waals surface area contributed by atoms with Gasteiger partial charge in [0.25, 0.3) is 0 Å². The van der Waals surface area contributed by atoms with Gasteiger partial charge in [0.2, 0.25) is 0 Å². The molecule has 0 unspecified atom stereocenters. The summed E-state index contributed by atoms with van der Waals surface area (Å²) in [5, 5.41) is 3.35. The van der Waals surface area contributed by atoms with Crippen LogP contribution in [0.5, 0.6) is 0 Å². The van der Waals surface area contributed by atoms with E-state index in [9.17, 15) is 0 Å². The number of hydrogen-bond acceptors (Lipinski definition) is 3. The molecule has 2 rings (SSSR count). The largest absolute Gasteiger partial charge is 0.441 e. The maximum Gasteiger partial charge on any atom is 0.196 e. The van der Waals surface area contributed by atoms with Crippen LogP contribution in [0.3, 0.4) is 0 Å². The number of hydrogen-bond donors (Lipinski definition) is 1. The zero-order chi connectivity index (χ0) is 13.0. The lowest BCUT2D eigenvalue weighted by atomic mass is 10.1. The molecule has 0 saturated heterocycles. The van der Waals surface area contributed by atoms with Gasteiger partial charge in [-0.25, -0.2) is 4.98 Å². The molecule has 1 aromatic carbocycles. The van der Waals surface area contributed by atoms with Crippen molar-refractivity contribution < 1.29 is 4.42 Å². The van der Waals surface area contributed by atoms with E-state index in [1.807, 2.05) is 0 Å². The van der Waals surface area contributed by atoms with Crippen molar-refractivity contribution in [2.45, 2.75) is 33.2 Å². The second-order valence-electron chi connectivity index (χ2n) is 4.84. The molecule has 96 valence electrons. The Labute approximate surface area is 108 Å². The summed E-state index contributed by atoms with van der Waals surface area (Å²) in [7, 11) is 0. The molecule has 0 aliphatic carbocycles. The van der Waals surface area contributed by atoms with Crippen LogP contribution in [0.1, 0.15) is 25.3 Å². The average molecular weight is 244 g/mol. The van der Waals surface area contributed by atoms with Crippen molar-refractivity contribution >= 4 is 0 Å². The third kappa shape index (κ3) is 3.44. The third-order valence-corrected chi connectivity index (χ3v) is 2.78. The van der Waals surface area contributed by atoms with Gasteiger partial charge in [0.1, 0.15) is 0 Å². The minimum Gasteiger partial charge on any atom is -0.441 e. The SMILES string of the molecule is Cc1ccc(-c2cnc(CCNC(C)C)o2)cc1. The van der Waals surface area contributed by atoms with Crippen LogP contribution in [-0.4, -0.2) is 17.6 Å². The van der Waals surface area contributed by atoms with Crippen LogP contribution in [0, 0.1) is 6.92 Å². The summed E-state index contributed by atoms with van der Waals surface area (Å²) >= 11 is 0. The first-order chi connectivity index (χ1) is 8.65. The Morgan fingerprint density at radius 2 is 1.94 bits per heavy atom. The van der Waals surface area contributed by atoms with Crippen LogP contribution < -0.4 is 5.32 Å². The highest BCUT2D eigenvalue weighted by Gasteiger charge is 2.06. The lowest BCUT2D eigenvalue weighted by Crippen LogP contribution is -2.24. The van der Waals surface area contributed by atoms with Crippen molar-refractivity contribution in [3.05, 3.63) is 41.9 Å². The molecule has 0 spiro atoms. The topological polar surface area (TPSA) is 38.1 Å². The lowest BCUT2D eigenvalue weighted by Gasteiger charge is -2.05. The lowest BCUT2D eigenvalue weighted by molar-refractivity contribution is 0.484. The van der Waals surface area contributed by atoms with E-state index in [4.69, 9.17) is 4.42 Å². The van der Waals surface area contributed by atoms with Gasteiger partial charge < -0.3 is 9.73 Å². The first kappa shape index (κ1) is 12.8. The van der Waals surface area contributed by atoms with E-state index in [1.165, 1.54) is 5.56 Å². The van der Waals surface area contributed by atoms with E-state index in [0.29, 0.717) is 6.04 Å². The van der Waals surface area contributed by atoms with Crippen molar-refractivity contribution in [1.29, 1.82) is 0 Å². The first-order valence-electron chi connectivity index (χ1n) is 6.40. The Bertz CT molecular complexity index is 485. The Kier molecular flexibility index (Phi) is 4.15. The zero-order valence-corrected chi connectivity index (χ0v) is 11.2. The van der Waals surface area contributed by atoms with Crippen molar-refractivity contribution in [1.82, 2.24) is 10.3 Å². The minimum atomic E-state index is 0.497. The second-order valence-corrected chi connectivity index (χ2v) is 4.84. The van der Waals surface area contributed by atoms with Gasteiger partial charge in [0.15, 0.2) is 11.7 Å².